The predicted molar refractivity (Wildman–Crippen MR) is 133 cm³/mol. The van der Waals surface area contributed by atoms with Crippen molar-refractivity contribution in [1.29, 1.82) is 0 Å². The van der Waals surface area contributed by atoms with Crippen LogP contribution in [0.1, 0.15) is 23.5 Å². The summed E-state index contributed by atoms with van der Waals surface area (Å²) in [4.78, 5) is 26.5. The number of halogens is 1. The van der Waals surface area contributed by atoms with Crippen LogP contribution in [-0.4, -0.2) is 54.9 Å². The highest BCUT2D eigenvalue weighted by Gasteiger charge is 2.76. The van der Waals surface area contributed by atoms with Crippen molar-refractivity contribution >= 4 is 27.6 Å². The molecule has 0 radical (unpaired) electrons. The Morgan fingerprint density at radius 2 is 1.81 bits per heavy atom. The van der Waals surface area contributed by atoms with Gasteiger partial charge in [-0.05, 0) is 29.7 Å². The number of methoxy groups -OCH3 is 2. The van der Waals surface area contributed by atoms with Crippen molar-refractivity contribution in [2.24, 2.45) is 5.92 Å². The van der Waals surface area contributed by atoms with Crippen LogP contribution in [-0.2, 0) is 29.4 Å². The molecule has 1 heterocycles. The van der Waals surface area contributed by atoms with E-state index in [0.717, 1.165) is 10.0 Å². The lowest BCUT2D eigenvalue weighted by Gasteiger charge is -2.40. The van der Waals surface area contributed by atoms with Crippen molar-refractivity contribution in [1.82, 2.24) is 5.32 Å². The lowest BCUT2D eigenvalue weighted by atomic mass is 9.70. The second-order valence-electron chi connectivity index (χ2n) is 9.12. The number of hydrogen-bond donors (Lipinski definition) is 3. The molecule has 1 saturated heterocycles. The van der Waals surface area contributed by atoms with Crippen LogP contribution in [0, 0.1) is 5.92 Å². The number of ketones is 1. The molecule has 5 rings (SSSR count). The molecule has 2 aliphatic carbocycles. The van der Waals surface area contributed by atoms with E-state index in [-0.39, 0.29) is 29.4 Å². The molecule has 3 N–H and O–H groups in total. The van der Waals surface area contributed by atoms with E-state index >= 15 is 0 Å². The molecule has 9 heteroatoms. The van der Waals surface area contributed by atoms with Crippen LogP contribution in [0.25, 0.3) is 0 Å². The van der Waals surface area contributed by atoms with Gasteiger partial charge in [-0.25, -0.2) is 0 Å². The summed E-state index contributed by atoms with van der Waals surface area (Å²) in [7, 11) is 4.15. The molecule has 1 amide bonds. The number of ether oxygens (including phenoxy) is 3. The van der Waals surface area contributed by atoms with E-state index in [9.17, 15) is 19.8 Å². The Morgan fingerprint density at radius 1 is 1.14 bits per heavy atom. The summed E-state index contributed by atoms with van der Waals surface area (Å²) >= 11 is 3.45. The van der Waals surface area contributed by atoms with Gasteiger partial charge in [0.1, 0.15) is 5.60 Å². The number of aliphatic hydroxyl groups excluding tert-OH is 1. The first-order chi connectivity index (χ1) is 17.2. The number of hydrogen-bond acceptors (Lipinski definition) is 7. The van der Waals surface area contributed by atoms with E-state index in [1.54, 1.807) is 19.2 Å². The van der Waals surface area contributed by atoms with Crippen LogP contribution in [0.3, 0.4) is 0 Å². The molecule has 36 heavy (non-hydrogen) atoms. The lowest BCUT2D eigenvalue weighted by molar-refractivity contribution is -0.128. The summed E-state index contributed by atoms with van der Waals surface area (Å²) < 4.78 is 18.2. The monoisotopic (exact) mass is 555 g/mol. The van der Waals surface area contributed by atoms with Gasteiger partial charge in [0.05, 0.1) is 18.6 Å². The topological polar surface area (TPSA) is 114 Å². The molecule has 5 atom stereocenters. The highest BCUT2D eigenvalue weighted by atomic mass is 79.9. The Bertz CT molecular complexity index is 1290. The minimum absolute atomic E-state index is 0.0241. The number of nitrogens with one attached hydrogen (secondary N) is 1. The van der Waals surface area contributed by atoms with Crippen LogP contribution < -0.4 is 5.32 Å². The Kier molecular flexibility index (Phi) is 5.97. The third kappa shape index (κ3) is 3.12. The molecule has 0 aromatic heterocycles. The van der Waals surface area contributed by atoms with Crippen LogP contribution in [0.2, 0.25) is 0 Å². The van der Waals surface area contributed by atoms with Crippen molar-refractivity contribution < 1.29 is 34.0 Å². The molecule has 5 unspecified atom stereocenters. The standard InChI is InChI=1S/C27H26BrNO7/c1-29-25(32)17-13-26(33)19-22(34-2)20(30)24(35-3)21(31)23(19)36-27(26,15-9-11-16(28)12-10-15)18(17)14-7-5-4-6-8-14/h4-12,17-18,24,31,33H,13H2,1-3H3,(H,29,32). The van der Waals surface area contributed by atoms with Gasteiger partial charge in [0, 0.05) is 24.5 Å². The number of carbonyl (C=O) groups excluding carboxylic acids is 2. The summed E-state index contributed by atoms with van der Waals surface area (Å²) in [6.45, 7) is 0. The lowest BCUT2D eigenvalue weighted by Crippen LogP contribution is -2.48. The Balaban J connectivity index is 1.89. The number of rotatable bonds is 5. The number of carbonyl (C=O) groups is 2. The van der Waals surface area contributed by atoms with Crippen LogP contribution in [0.5, 0.6) is 0 Å². The van der Waals surface area contributed by atoms with Crippen molar-refractivity contribution in [3.63, 3.8) is 0 Å². The average molecular weight is 556 g/mol. The van der Waals surface area contributed by atoms with Gasteiger partial charge in [0.25, 0.3) is 0 Å². The molecule has 2 aromatic carbocycles. The molecule has 0 bridgehead atoms. The number of amides is 1. The van der Waals surface area contributed by atoms with Gasteiger partial charge in [-0.3, -0.25) is 9.59 Å². The second-order valence-corrected chi connectivity index (χ2v) is 10.0. The van der Waals surface area contributed by atoms with E-state index in [1.165, 1.54) is 14.2 Å². The highest BCUT2D eigenvalue weighted by Crippen LogP contribution is 2.69. The van der Waals surface area contributed by atoms with Gasteiger partial charge >= 0.3 is 0 Å². The van der Waals surface area contributed by atoms with E-state index in [0.29, 0.717) is 5.56 Å². The minimum atomic E-state index is -1.90. The first-order valence-corrected chi connectivity index (χ1v) is 12.3. The molecule has 188 valence electrons. The first kappa shape index (κ1) is 24.5. The van der Waals surface area contributed by atoms with Crippen molar-refractivity contribution in [3.8, 4) is 0 Å². The smallest absolute Gasteiger partial charge is 0.234 e. The minimum Gasteiger partial charge on any atom is -0.506 e. The third-order valence-corrected chi connectivity index (χ3v) is 8.03. The summed E-state index contributed by atoms with van der Waals surface area (Å²) in [5, 5.41) is 26.5. The van der Waals surface area contributed by atoms with Gasteiger partial charge in [-0.1, -0.05) is 58.4 Å². The normalized spacial score (nSPS) is 31.1. The number of benzene rings is 2. The number of Topliss-reactive ketones (excluding diaryl/α,β-unsaturated/α-hetero) is 1. The second kappa shape index (κ2) is 8.76. The first-order valence-electron chi connectivity index (χ1n) is 11.5. The fourth-order valence-corrected chi connectivity index (χ4v) is 6.34. The number of fused-ring (bicyclic) bond motifs is 3. The largest absolute Gasteiger partial charge is 0.506 e. The van der Waals surface area contributed by atoms with E-state index < -0.39 is 40.7 Å². The Hall–Kier alpha value is -3.14. The van der Waals surface area contributed by atoms with Gasteiger partial charge < -0.3 is 29.7 Å². The van der Waals surface area contributed by atoms with Crippen molar-refractivity contribution in [2.45, 2.75) is 29.6 Å². The van der Waals surface area contributed by atoms with Crippen LogP contribution >= 0.6 is 15.9 Å². The highest BCUT2D eigenvalue weighted by molar-refractivity contribution is 9.10. The molecule has 1 saturated carbocycles. The fourth-order valence-electron chi connectivity index (χ4n) is 6.07. The number of aliphatic hydroxyl groups is 2. The van der Waals surface area contributed by atoms with Gasteiger partial charge in [-0.15, -0.1) is 0 Å². The summed E-state index contributed by atoms with van der Waals surface area (Å²) in [5.41, 5.74) is -2.11. The molecular weight excluding hydrogens is 530 g/mol. The van der Waals surface area contributed by atoms with Gasteiger partial charge in [0.2, 0.25) is 11.7 Å². The van der Waals surface area contributed by atoms with E-state index in [2.05, 4.69) is 21.2 Å². The zero-order valence-electron chi connectivity index (χ0n) is 19.9. The van der Waals surface area contributed by atoms with E-state index in [4.69, 9.17) is 14.2 Å². The average Bonchev–Trinajstić information content (AvgIpc) is 3.30. The predicted octanol–water partition coefficient (Wildman–Crippen LogP) is 3.22. The van der Waals surface area contributed by atoms with Crippen LogP contribution in [0.15, 0.2) is 81.9 Å². The maximum atomic E-state index is 13.3. The fraction of sp³-hybridized carbons (Fsp3) is 0.333. The van der Waals surface area contributed by atoms with Crippen molar-refractivity contribution in [2.75, 3.05) is 21.3 Å². The molecular formula is C27H26BrNO7. The van der Waals surface area contributed by atoms with Gasteiger partial charge in [0.15, 0.2) is 29.0 Å². The molecule has 2 fully saturated rings. The zero-order chi connectivity index (χ0) is 25.8. The SMILES string of the molecule is CNC(=O)C1CC2(O)C3=C(OC)C(=O)C(OC)C(O)=C3OC2(c2ccc(Br)cc2)C1c1ccccc1. The summed E-state index contributed by atoms with van der Waals surface area (Å²) in [6.07, 6.45) is -1.42. The quantitative estimate of drug-likeness (QED) is 0.518. The molecule has 2 aromatic rings. The Labute approximate surface area is 216 Å². The Morgan fingerprint density at radius 3 is 2.39 bits per heavy atom. The molecule has 1 aliphatic heterocycles. The zero-order valence-corrected chi connectivity index (χ0v) is 21.5. The maximum Gasteiger partial charge on any atom is 0.234 e. The van der Waals surface area contributed by atoms with Crippen LogP contribution in [0.4, 0.5) is 0 Å². The third-order valence-electron chi connectivity index (χ3n) is 7.50. The van der Waals surface area contributed by atoms with Crippen molar-refractivity contribution in [3.05, 3.63) is 93.0 Å². The van der Waals surface area contributed by atoms with E-state index in [1.807, 2.05) is 42.5 Å². The molecule has 8 nitrogen and oxygen atoms in total. The molecule has 3 aliphatic rings. The summed E-state index contributed by atoms with van der Waals surface area (Å²) in [6, 6.07) is 16.6. The maximum absolute atomic E-state index is 13.3. The molecule has 0 spiro atoms. The van der Waals surface area contributed by atoms with Gasteiger partial charge in [-0.2, -0.15) is 0 Å². The summed E-state index contributed by atoms with van der Waals surface area (Å²) in [5.74, 6) is -3.01.